The molecule has 1 fully saturated rings. The third-order valence-electron chi connectivity index (χ3n) is 3.90. The minimum absolute atomic E-state index is 0.0303. The van der Waals surface area contributed by atoms with Crippen molar-refractivity contribution in [1.82, 2.24) is 20.2 Å². The Bertz CT molecular complexity index is 594. The fourth-order valence-electron chi connectivity index (χ4n) is 2.62. The molecule has 7 nitrogen and oxygen atoms in total. The van der Waals surface area contributed by atoms with Gasteiger partial charge in [-0.2, -0.15) is 0 Å². The number of carbonyl (C=O) groups excluding carboxylic acids is 1. The van der Waals surface area contributed by atoms with Crippen LogP contribution < -0.4 is 10.2 Å². The second-order valence-corrected chi connectivity index (χ2v) is 5.54. The van der Waals surface area contributed by atoms with E-state index in [4.69, 9.17) is 4.42 Å². The minimum atomic E-state index is 0.0303. The van der Waals surface area contributed by atoms with Crippen LogP contribution in [0.4, 0.5) is 5.95 Å². The zero-order chi connectivity index (χ0) is 15.9. The molecule has 1 aliphatic heterocycles. The van der Waals surface area contributed by atoms with Crippen molar-refractivity contribution in [3.8, 4) is 0 Å². The van der Waals surface area contributed by atoms with Gasteiger partial charge in [0.2, 0.25) is 11.9 Å². The number of anilines is 1. The summed E-state index contributed by atoms with van der Waals surface area (Å²) in [5, 5.41) is 2.95. The Hall–Kier alpha value is -2.41. The van der Waals surface area contributed by atoms with Crippen molar-refractivity contribution < 1.29 is 9.21 Å². The molecule has 7 heteroatoms. The number of nitrogens with one attached hydrogen (secondary N) is 1. The van der Waals surface area contributed by atoms with Crippen molar-refractivity contribution in [3.63, 3.8) is 0 Å². The summed E-state index contributed by atoms with van der Waals surface area (Å²) >= 11 is 0. The maximum Gasteiger partial charge on any atom is 0.225 e. The molecule has 122 valence electrons. The number of aromatic nitrogens is 2. The van der Waals surface area contributed by atoms with Crippen LogP contribution in [-0.4, -0.2) is 60.0 Å². The van der Waals surface area contributed by atoms with Crippen LogP contribution in [-0.2, 0) is 11.2 Å². The smallest absolute Gasteiger partial charge is 0.225 e. The first kappa shape index (κ1) is 15.5. The number of furan rings is 1. The molecule has 0 bridgehead atoms. The summed E-state index contributed by atoms with van der Waals surface area (Å²) in [6.07, 6.45) is 7.09. The highest BCUT2D eigenvalue weighted by atomic mass is 16.3. The van der Waals surface area contributed by atoms with Crippen LogP contribution in [0.15, 0.2) is 41.5 Å². The van der Waals surface area contributed by atoms with E-state index in [-0.39, 0.29) is 5.91 Å². The molecule has 1 saturated heterocycles. The normalized spacial score (nSPS) is 15.6. The van der Waals surface area contributed by atoms with Gasteiger partial charge in [0.15, 0.2) is 0 Å². The molecule has 3 rings (SSSR count). The molecule has 0 spiro atoms. The Balaban J connectivity index is 1.34. The summed E-state index contributed by atoms with van der Waals surface area (Å²) in [6, 6.07) is 3.64. The summed E-state index contributed by atoms with van der Waals surface area (Å²) in [7, 11) is 0. The first-order valence-corrected chi connectivity index (χ1v) is 7.83. The first-order valence-electron chi connectivity index (χ1n) is 7.83. The molecule has 1 N–H and O–H groups in total. The molecule has 3 heterocycles. The van der Waals surface area contributed by atoms with E-state index in [0.29, 0.717) is 13.0 Å². The topological polar surface area (TPSA) is 74.5 Å². The van der Waals surface area contributed by atoms with Gasteiger partial charge < -0.3 is 14.6 Å². The van der Waals surface area contributed by atoms with Crippen molar-refractivity contribution in [3.05, 3.63) is 42.6 Å². The molecular formula is C16H21N5O2. The summed E-state index contributed by atoms with van der Waals surface area (Å²) in [5.41, 5.74) is 0.902. The van der Waals surface area contributed by atoms with Gasteiger partial charge in [0.1, 0.15) is 0 Å². The summed E-state index contributed by atoms with van der Waals surface area (Å²) in [6.45, 7) is 5.25. The minimum Gasteiger partial charge on any atom is -0.472 e. The first-order chi connectivity index (χ1) is 11.3. The van der Waals surface area contributed by atoms with Crippen molar-refractivity contribution >= 4 is 11.9 Å². The third kappa shape index (κ3) is 4.53. The van der Waals surface area contributed by atoms with Gasteiger partial charge in [0.25, 0.3) is 0 Å². The Morgan fingerprint density at radius 2 is 2.00 bits per heavy atom. The van der Waals surface area contributed by atoms with Gasteiger partial charge in [-0.1, -0.05) is 0 Å². The zero-order valence-electron chi connectivity index (χ0n) is 13.0. The quantitative estimate of drug-likeness (QED) is 0.839. The predicted molar refractivity (Wildman–Crippen MR) is 86.1 cm³/mol. The largest absolute Gasteiger partial charge is 0.472 e. The molecule has 23 heavy (non-hydrogen) atoms. The maximum absolute atomic E-state index is 11.8. The van der Waals surface area contributed by atoms with Crippen molar-refractivity contribution in [2.75, 3.05) is 44.2 Å². The van der Waals surface area contributed by atoms with Gasteiger partial charge in [-0.15, -0.1) is 0 Å². The Labute approximate surface area is 135 Å². The van der Waals surface area contributed by atoms with E-state index in [1.165, 1.54) is 0 Å². The number of rotatable bonds is 6. The van der Waals surface area contributed by atoms with Crippen LogP contribution in [0, 0.1) is 0 Å². The lowest BCUT2D eigenvalue weighted by Gasteiger charge is -2.34. The van der Waals surface area contributed by atoms with Crippen LogP contribution in [0.3, 0.4) is 0 Å². The molecule has 0 saturated carbocycles. The molecule has 0 aliphatic carbocycles. The molecule has 1 aliphatic rings. The number of piperazine rings is 1. The highest BCUT2D eigenvalue weighted by molar-refractivity contribution is 5.78. The average molecular weight is 315 g/mol. The van der Waals surface area contributed by atoms with E-state index in [1.54, 1.807) is 24.9 Å². The van der Waals surface area contributed by atoms with Crippen LogP contribution in [0.5, 0.6) is 0 Å². The van der Waals surface area contributed by atoms with Gasteiger partial charge in [-0.3, -0.25) is 9.69 Å². The van der Waals surface area contributed by atoms with Gasteiger partial charge >= 0.3 is 0 Å². The second-order valence-electron chi connectivity index (χ2n) is 5.54. The number of amides is 1. The van der Waals surface area contributed by atoms with E-state index in [1.807, 2.05) is 12.1 Å². The van der Waals surface area contributed by atoms with E-state index in [9.17, 15) is 4.79 Å². The van der Waals surface area contributed by atoms with Gasteiger partial charge in [0.05, 0.1) is 18.9 Å². The summed E-state index contributed by atoms with van der Waals surface area (Å²) in [4.78, 5) is 24.9. The van der Waals surface area contributed by atoms with Crippen LogP contribution in [0.2, 0.25) is 0 Å². The lowest BCUT2D eigenvalue weighted by molar-refractivity contribution is -0.120. The van der Waals surface area contributed by atoms with Crippen molar-refractivity contribution in [1.29, 1.82) is 0 Å². The Morgan fingerprint density at radius 3 is 2.70 bits per heavy atom. The predicted octanol–water partition coefficient (Wildman–Crippen LogP) is 0.550. The van der Waals surface area contributed by atoms with E-state index in [2.05, 4.69) is 25.1 Å². The highest BCUT2D eigenvalue weighted by Crippen LogP contribution is 2.09. The molecule has 2 aromatic rings. The fraction of sp³-hybridized carbons (Fsp3) is 0.438. The monoisotopic (exact) mass is 315 g/mol. The van der Waals surface area contributed by atoms with Crippen LogP contribution in [0.25, 0.3) is 0 Å². The third-order valence-corrected chi connectivity index (χ3v) is 3.90. The van der Waals surface area contributed by atoms with Gasteiger partial charge in [-0.05, 0) is 17.7 Å². The number of nitrogens with zero attached hydrogens (tertiary/aromatic N) is 4. The lowest BCUT2D eigenvalue weighted by atomic mass is 10.2. The molecule has 0 radical (unpaired) electrons. The SMILES string of the molecule is O=C(Cc1ccoc1)NCCN1CCN(c2ncccn2)CC1. The molecule has 2 aromatic heterocycles. The van der Waals surface area contributed by atoms with E-state index in [0.717, 1.165) is 44.2 Å². The summed E-state index contributed by atoms with van der Waals surface area (Å²) in [5.74, 6) is 0.822. The fourth-order valence-corrected chi connectivity index (χ4v) is 2.62. The van der Waals surface area contributed by atoms with Gasteiger partial charge in [0, 0.05) is 51.7 Å². The molecule has 0 atom stereocenters. The number of hydrogen-bond acceptors (Lipinski definition) is 6. The standard InChI is InChI=1S/C16H21N5O2/c22-15(12-14-2-11-23-13-14)17-5-6-20-7-9-21(10-8-20)16-18-3-1-4-19-16/h1-4,11,13H,5-10,12H2,(H,17,22). The maximum atomic E-state index is 11.8. The summed E-state index contributed by atoms with van der Waals surface area (Å²) < 4.78 is 4.96. The highest BCUT2D eigenvalue weighted by Gasteiger charge is 2.18. The van der Waals surface area contributed by atoms with Crippen molar-refractivity contribution in [2.24, 2.45) is 0 Å². The number of carbonyl (C=O) groups is 1. The van der Waals surface area contributed by atoms with E-state index >= 15 is 0 Å². The Kier molecular flexibility index (Phi) is 5.21. The number of hydrogen-bond donors (Lipinski definition) is 1. The molecular weight excluding hydrogens is 294 g/mol. The van der Waals surface area contributed by atoms with E-state index < -0.39 is 0 Å². The Morgan fingerprint density at radius 1 is 1.22 bits per heavy atom. The van der Waals surface area contributed by atoms with Crippen molar-refractivity contribution in [2.45, 2.75) is 6.42 Å². The molecule has 0 unspecified atom stereocenters. The molecule has 1 amide bonds. The lowest BCUT2D eigenvalue weighted by Crippen LogP contribution is -2.49. The zero-order valence-corrected chi connectivity index (χ0v) is 13.0. The van der Waals surface area contributed by atoms with Crippen LogP contribution >= 0.6 is 0 Å². The van der Waals surface area contributed by atoms with Crippen LogP contribution in [0.1, 0.15) is 5.56 Å². The second kappa shape index (κ2) is 7.73. The molecule has 0 aromatic carbocycles. The van der Waals surface area contributed by atoms with Gasteiger partial charge in [-0.25, -0.2) is 9.97 Å². The average Bonchev–Trinajstić information content (AvgIpc) is 3.09.